The predicted molar refractivity (Wildman–Crippen MR) is 108 cm³/mol. The second-order valence-electron chi connectivity index (χ2n) is 5.65. The molecule has 0 saturated heterocycles. The molecule has 2 rings (SSSR count). The van der Waals surface area contributed by atoms with Gasteiger partial charge in [0.25, 0.3) is 0 Å². The zero-order valence-electron chi connectivity index (χ0n) is 14.1. The van der Waals surface area contributed by atoms with E-state index in [1.54, 1.807) is 18.2 Å². The molecule has 2 aromatic carbocycles. The van der Waals surface area contributed by atoms with Crippen LogP contribution in [0.25, 0.3) is 0 Å². The molecule has 0 fully saturated rings. The molecule has 0 aliphatic rings. The fourth-order valence-electron chi connectivity index (χ4n) is 2.05. The maximum absolute atomic E-state index is 11.9. The maximum atomic E-state index is 11.9. The van der Waals surface area contributed by atoms with E-state index in [-0.39, 0.29) is 12.2 Å². The molecular weight excluding hydrogens is 466 g/mol. The van der Waals surface area contributed by atoms with E-state index < -0.39 is 11.8 Å². The molecule has 0 aliphatic carbocycles. The Morgan fingerprint density at radius 3 is 2.35 bits per heavy atom. The van der Waals surface area contributed by atoms with Crippen molar-refractivity contribution in [2.24, 2.45) is 5.10 Å². The third kappa shape index (κ3) is 5.67. The summed E-state index contributed by atoms with van der Waals surface area (Å²) in [5, 5.41) is 16.1. The summed E-state index contributed by atoms with van der Waals surface area (Å²) >= 11 is 6.42. The molecule has 0 bridgehead atoms. The number of nitrogens with one attached hydrogen (secondary N) is 2. The smallest absolute Gasteiger partial charge is 0.249 e. The molecule has 2 amide bonds. The molecule has 0 atom stereocenters. The Morgan fingerprint density at radius 1 is 1.08 bits per heavy atom. The second-order valence-corrected chi connectivity index (χ2v) is 7.36. The molecule has 136 valence electrons. The van der Waals surface area contributed by atoms with Crippen LogP contribution in [0.15, 0.2) is 44.4 Å². The number of hydrazone groups is 1. The number of aromatic hydroxyl groups is 1. The summed E-state index contributed by atoms with van der Waals surface area (Å²) in [6.07, 6.45) is 1.07. The number of carbonyl (C=O) groups excluding carboxylic acids is 2. The summed E-state index contributed by atoms with van der Waals surface area (Å²) in [7, 11) is 0. The predicted octanol–water partition coefficient (Wildman–Crippen LogP) is 4.01. The van der Waals surface area contributed by atoms with Crippen molar-refractivity contribution < 1.29 is 14.7 Å². The van der Waals surface area contributed by atoms with Crippen molar-refractivity contribution in [1.29, 1.82) is 0 Å². The number of rotatable bonds is 5. The van der Waals surface area contributed by atoms with Crippen LogP contribution in [0.3, 0.4) is 0 Å². The normalized spacial score (nSPS) is 10.8. The lowest BCUT2D eigenvalue weighted by molar-refractivity contribution is -0.126. The van der Waals surface area contributed by atoms with Gasteiger partial charge in [-0.25, -0.2) is 5.43 Å². The summed E-state index contributed by atoms with van der Waals surface area (Å²) < 4.78 is 0.986. The molecule has 0 saturated carbocycles. The number of anilines is 1. The average Bonchev–Trinajstić information content (AvgIpc) is 2.55. The summed E-state index contributed by atoms with van der Waals surface area (Å²) in [6.45, 7) is 3.93. The lowest BCUT2D eigenvalue weighted by Crippen LogP contribution is -2.24. The molecule has 3 N–H and O–H groups in total. The average molecular weight is 483 g/mol. The molecule has 0 unspecified atom stereocenters. The highest BCUT2D eigenvalue weighted by atomic mass is 79.9. The van der Waals surface area contributed by atoms with E-state index in [9.17, 15) is 14.7 Å². The molecule has 2 aromatic rings. The number of nitrogens with zero attached hydrogens (tertiary/aromatic N) is 1. The van der Waals surface area contributed by atoms with Gasteiger partial charge < -0.3 is 10.4 Å². The first-order chi connectivity index (χ1) is 12.3. The van der Waals surface area contributed by atoms with E-state index in [2.05, 4.69) is 47.7 Å². The third-order valence-corrected chi connectivity index (χ3v) is 4.76. The summed E-state index contributed by atoms with van der Waals surface area (Å²) in [5.74, 6) is -0.871. The van der Waals surface area contributed by atoms with Gasteiger partial charge in [0.15, 0.2) is 0 Å². The number of hydrogen-bond donors (Lipinski definition) is 3. The van der Waals surface area contributed by atoms with Gasteiger partial charge >= 0.3 is 0 Å². The summed E-state index contributed by atoms with van der Waals surface area (Å²) in [6, 6.07) is 8.83. The van der Waals surface area contributed by atoms with E-state index in [0.29, 0.717) is 20.2 Å². The SMILES string of the molecule is Cc1ccc(NC(=O)CC(=O)NN=Cc2cc(Br)c(O)c(Br)c2)cc1C. The van der Waals surface area contributed by atoms with Crippen LogP contribution in [0.5, 0.6) is 5.75 Å². The first-order valence-electron chi connectivity index (χ1n) is 7.63. The highest BCUT2D eigenvalue weighted by molar-refractivity contribution is 9.11. The Kier molecular flexibility index (Phi) is 6.93. The number of benzene rings is 2. The monoisotopic (exact) mass is 481 g/mol. The lowest BCUT2D eigenvalue weighted by atomic mass is 10.1. The van der Waals surface area contributed by atoms with Crippen molar-refractivity contribution in [1.82, 2.24) is 5.43 Å². The molecule has 0 heterocycles. The molecule has 0 radical (unpaired) electrons. The number of halogens is 2. The summed E-state index contributed by atoms with van der Waals surface area (Å²) in [5.41, 5.74) is 5.78. The van der Waals surface area contributed by atoms with E-state index in [4.69, 9.17) is 0 Å². The van der Waals surface area contributed by atoms with Gasteiger partial charge in [0.2, 0.25) is 11.8 Å². The third-order valence-electron chi connectivity index (χ3n) is 3.55. The number of hydrogen-bond acceptors (Lipinski definition) is 4. The molecule has 26 heavy (non-hydrogen) atoms. The Hall–Kier alpha value is -2.19. The second kappa shape index (κ2) is 8.95. The van der Waals surface area contributed by atoms with Crippen LogP contribution in [-0.4, -0.2) is 23.1 Å². The van der Waals surface area contributed by atoms with Gasteiger partial charge in [-0.3, -0.25) is 9.59 Å². The first kappa shape index (κ1) is 20.1. The highest BCUT2D eigenvalue weighted by Gasteiger charge is 2.09. The van der Waals surface area contributed by atoms with Gasteiger partial charge in [0.05, 0.1) is 15.2 Å². The van der Waals surface area contributed by atoms with Crippen LogP contribution < -0.4 is 10.7 Å². The minimum absolute atomic E-state index is 0.0780. The molecular formula is C18H17Br2N3O3. The van der Waals surface area contributed by atoms with E-state index in [0.717, 1.165) is 11.1 Å². The zero-order valence-corrected chi connectivity index (χ0v) is 17.3. The largest absolute Gasteiger partial charge is 0.506 e. The number of phenols is 1. The number of amides is 2. The van der Waals surface area contributed by atoms with Crippen molar-refractivity contribution in [3.8, 4) is 5.75 Å². The van der Waals surface area contributed by atoms with Crippen LogP contribution in [0.2, 0.25) is 0 Å². The van der Waals surface area contributed by atoms with Crippen LogP contribution in [0.4, 0.5) is 5.69 Å². The zero-order chi connectivity index (χ0) is 19.3. The Bertz CT molecular complexity index is 859. The standard InChI is InChI=1S/C18H17Br2N3O3/c1-10-3-4-13(5-11(10)2)22-16(24)8-17(25)23-21-9-12-6-14(19)18(26)15(20)7-12/h3-7,9,26H,8H2,1-2H3,(H,22,24)(H,23,25). The van der Waals surface area contributed by atoms with Gasteiger partial charge in [-0.1, -0.05) is 6.07 Å². The van der Waals surface area contributed by atoms with E-state index in [1.807, 2.05) is 26.0 Å². The quantitative estimate of drug-likeness (QED) is 0.341. The Labute approximate surface area is 167 Å². The maximum Gasteiger partial charge on any atom is 0.249 e. The van der Waals surface area contributed by atoms with Gasteiger partial charge in [-0.05, 0) is 86.7 Å². The fourth-order valence-corrected chi connectivity index (χ4v) is 3.27. The van der Waals surface area contributed by atoms with Gasteiger partial charge in [-0.2, -0.15) is 5.10 Å². The highest BCUT2D eigenvalue weighted by Crippen LogP contribution is 2.32. The Balaban J connectivity index is 1.88. The number of carbonyl (C=O) groups is 2. The first-order valence-corrected chi connectivity index (χ1v) is 9.22. The van der Waals surface area contributed by atoms with Gasteiger partial charge in [0.1, 0.15) is 12.2 Å². The minimum Gasteiger partial charge on any atom is -0.506 e. The molecule has 0 spiro atoms. The van der Waals surface area contributed by atoms with Crippen LogP contribution >= 0.6 is 31.9 Å². The molecule has 6 nitrogen and oxygen atoms in total. The molecule has 0 aromatic heterocycles. The number of phenolic OH excluding ortho intramolecular Hbond substituents is 1. The lowest BCUT2D eigenvalue weighted by Gasteiger charge is -2.07. The van der Waals surface area contributed by atoms with E-state index >= 15 is 0 Å². The fraction of sp³-hybridized carbons (Fsp3) is 0.167. The van der Waals surface area contributed by atoms with Crippen molar-refractivity contribution in [2.45, 2.75) is 20.3 Å². The van der Waals surface area contributed by atoms with Crippen LogP contribution in [0.1, 0.15) is 23.1 Å². The molecule has 8 heteroatoms. The van der Waals surface area contributed by atoms with Gasteiger partial charge in [-0.15, -0.1) is 0 Å². The van der Waals surface area contributed by atoms with Gasteiger partial charge in [0, 0.05) is 5.69 Å². The van der Waals surface area contributed by atoms with Crippen molar-refractivity contribution in [3.63, 3.8) is 0 Å². The van der Waals surface area contributed by atoms with Crippen LogP contribution in [-0.2, 0) is 9.59 Å². The number of aryl methyl sites for hydroxylation is 2. The van der Waals surface area contributed by atoms with E-state index in [1.165, 1.54) is 6.21 Å². The summed E-state index contributed by atoms with van der Waals surface area (Å²) in [4.78, 5) is 23.7. The van der Waals surface area contributed by atoms with Crippen LogP contribution in [0, 0.1) is 13.8 Å². The minimum atomic E-state index is -0.528. The Morgan fingerprint density at radius 2 is 1.73 bits per heavy atom. The van der Waals surface area contributed by atoms with Crippen molar-refractivity contribution >= 4 is 55.6 Å². The van der Waals surface area contributed by atoms with Crippen molar-refractivity contribution in [2.75, 3.05) is 5.32 Å². The topological polar surface area (TPSA) is 90.8 Å². The van der Waals surface area contributed by atoms with Crippen molar-refractivity contribution in [3.05, 3.63) is 56.0 Å². The molecule has 0 aliphatic heterocycles.